The van der Waals surface area contributed by atoms with E-state index in [9.17, 15) is 23.2 Å². The average molecular weight is 495 g/mol. The summed E-state index contributed by atoms with van der Waals surface area (Å²) in [5.41, 5.74) is 0.428. The van der Waals surface area contributed by atoms with Gasteiger partial charge in [-0.25, -0.2) is 8.78 Å². The van der Waals surface area contributed by atoms with E-state index in [0.717, 1.165) is 23.1 Å². The molecule has 0 spiro atoms. The van der Waals surface area contributed by atoms with Gasteiger partial charge in [0.25, 0.3) is 11.8 Å². The minimum Gasteiger partial charge on any atom is -0.459 e. The van der Waals surface area contributed by atoms with Gasteiger partial charge in [-0.2, -0.15) is 0 Å². The lowest BCUT2D eigenvalue weighted by atomic mass is 10.0. The van der Waals surface area contributed by atoms with Crippen LogP contribution >= 0.6 is 0 Å². The maximum Gasteiger partial charge on any atom is 0.326 e. The predicted octanol–water partition coefficient (Wildman–Crippen LogP) is 5.32. The summed E-state index contributed by atoms with van der Waals surface area (Å²) in [6, 6.07) is 16.6. The van der Waals surface area contributed by atoms with Crippen LogP contribution < -0.4 is 4.90 Å². The first-order chi connectivity index (χ1) is 16.9. The molecule has 0 aliphatic heterocycles. The molecule has 0 aliphatic carbocycles. The van der Waals surface area contributed by atoms with Crippen molar-refractivity contribution in [2.45, 2.75) is 26.4 Å². The summed E-state index contributed by atoms with van der Waals surface area (Å²) < 4.78 is 34.3. The van der Waals surface area contributed by atoms with Gasteiger partial charge in [0.1, 0.15) is 29.3 Å². The number of nitrogens with zero attached hydrogens (tertiary/aromatic N) is 2. The monoisotopic (exact) mass is 494 g/mol. The number of benzene rings is 3. The summed E-state index contributed by atoms with van der Waals surface area (Å²) in [5.74, 6) is -4.02. The van der Waals surface area contributed by atoms with Gasteiger partial charge in [0.05, 0.1) is 0 Å². The highest BCUT2D eigenvalue weighted by Gasteiger charge is 2.28. The minimum absolute atomic E-state index is 0.176. The van der Waals surface area contributed by atoms with Crippen molar-refractivity contribution in [2.75, 3.05) is 25.5 Å². The van der Waals surface area contributed by atoms with Gasteiger partial charge in [0.15, 0.2) is 0 Å². The lowest BCUT2D eigenvalue weighted by Gasteiger charge is -2.26. The molecule has 3 aromatic rings. The molecule has 0 unspecified atom stereocenters. The number of carbonyl (C=O) groups excluding carboxylic acids is 3. The molecule has 188 valence electrons. The summed E-state index contributed by atoms with van der Waals surface area (Å²) in [7, 11) is 3.30. The molecular formula is C28H28F2N2O4. The molecule has 0 N–H and O–H groups in total. The van der Waals surface area contributed by atoms with Gasteiger partial charge in [-0.3, -0.25) is 19.3 Å². The van der Waals surface area contributed by atoms with Crippen molar-refractivity contribution in [1.82, 2.24) is 4.90 Å². The Kier molecular flexibility index (Phi) is 7.87. The second kappa shape index (κ2) is 10.7. The molecule has 0 saturated carbocycles. The maximum absolute atomic E-state index is 14.5. The molecule has 3 aromatic carbocycles. The number of amides is 2. The number of rotatable bonds is 6. The van der Waals surface area contributed by atoms with E-state index >= 15 is 0 Å². The Hall–Kier alpha value is -4.07. The van der Waals surface area contributed by atoms with E-state index in [1.807, 2.05) is 0 Å². The van der Waals surface area contributed by atoms with Crippen molar-refractivity contribution in [3.63, 3.8) is 0 Å². The topological polar surface area (TPSA) is 66.9 Å². The van der Waals surface area contributed by atoms with Gasteiger partial charge >= 0.3 is 5.97 Å². The molecule has 8 heteroatoms. The second-order valence-corrected chi connectivity index (χ2v) is 9.41. The molecular weight excluding hydrogens is 466 g/mol. The normalized spacial score (nSPS) is 11.1. The molecule has 0 aliphatic rings. The van der Waals surface area contributed by atoms with Gasteiger partial charge in [-0.1, -0.05) is 30.3 Å². The lowest BCUT2D eigenvalue weighted by molar-refractivity contribution is -0.152. The van der Waals surface area contributed by atoms with E-state index in [4.69, 9.17) is 4.74 Å². The summed E-state index contributed by atoms with van der Waals surface area (Å²) in [4.78, 5) is 40.8. The Morgan fingerprint density at radius 2 is 1.36 bits per heavy atom. The molecule has 0 fully saturated rings. The molecule has 0 saturated heterocycles. The van der Waals surface area contributed by atoms with E-state index in [-0.39, 0.29) is 11.6 Å². The Balaban J connectivity index is 2.06. The van der Waals surface area contributed by atoms with E-state index in [1.54, 1.807) is 83.4 Å². The number of hydrogen-bond acceptors (Lipinski definition) is 4. The molecule has 36 heavy (non-hydrogen) atoms. The SMILES string of the molecule is CN(C)C(=O)c1cccc(-c2cccc(N(CC(=O)OC(C)(C)C)C(=O)c3c(F)cccc3F)c2)c1. The van der Waals surface area contributed by atoms with Gasteiger partial charge in [-0.15, -0.1) is 0 Å². The fourth-order valence-electron chi connectivity index (χ4n) is 3.56. The number of anilines is 1. The Morgan fingerprint density at radius 3 is 1.94 bits per heavy atom. The molecule has 0 bridgehead atoms. The number of halogens is 2. The molecule has 3 rings (SSSR count). The number of carbonyl (C=O) groups is 3. The van der Waals surface area contributed by atoms with Gasteiger partial charge in [0, 0.05) is 25.3 Å². The number of hydrogen-bond donors (Lipinski definition) is 0. The van der Waals surface area contributed by atoms with Crippen molar-refractivity contribution in [2.24, 2.45) is 0 Å². The summed E-state index contributed by atoms with van der Waals surface area (Å²) in [6.07, 6.45) is 0. The summed E-state index contributed by atoms with van der Waals surface area (Å²) in [6.45, 7) is 4.47. The highest BCUT2D eigenvalue weighted by Crippen LogP contribution is 2.28. The van der Waals surface area contributed by atoms with Crippen molar-refractivity contribution >= 4 is 23.5 Å². The molecule has 6 nitrogen and oxygen atoms in total. The highest BCUT2D eigenvalue weighted by atomic mass is 19.1. The zero-order valence-corrected chi connectivity index (χ0v) is 20.8. The third-order valence-electron chi connectivity index (χ3n) is 5.14. The van der Waals surface area contributed by atoms with Gasteiger partial charge in [0.2, 0.25) is 0 Å². The molecule has 2 amide bonds. The Bertz CT molecular complexity index is 1280. The zero-order chi connectivity index (χ0) is 26.6. The fourth-order valence-corrected chi connectivity index (χ4v) is 3.56. The molecule has 0 heterocycles. The lowest BCUT2D eigenvalue weighted by Crippen LogP contribution is -2.39. The Morgan fingerprint density at radius 1 is 0.806 bits per heavy atom. The van der Waals surface area contributed by atoms with Gasteiger partial charge < -0.3 is 9.64 Å². The predicted molar refractivity (Wildman–Crippen MR) is 134 cm³/mol. The fraction of sp³-hybridized carbons (Fsp3) is 0.250. The van der Waals surface area contributed by atoms with E-state index in [1.165, 1.54) is 4.90 Å². The van der Waals surface area contributed by atoms with Crippen LogP contribution in [-0.4, -0.2) is 48.9 Å². The van der Waals surface area contributed by atoms with Crippen molar-refractivity contribution in [3.8, 4) is 11.1 Å². The first-order valence-electron chi connectivity index (χ1n) is 11.3. The van der Waals surface area contributed by atoms with Crippen LogP contribution in [0.5, 0.6) is 0 Å². The molecule has 0 aromatic heterocycles. The van der Waals surface area contributed by atoms with Crippen molar-refractivity contribution < 1.29 is 27.9 Å². The minimum atomic E-state index is -1.04. The van der Waals surface area contributed by atoms with Crippen molar-refractivity contribution in [1.29, 1.82) is 0 Å². The summed E-state index contributed by atoms with van der Waals surface area (Å²) in [5, 5.41) is 0. The third-order valence-corrected chi connectivity index (χ3v) is 5.14. The quantitative estimate of drug-likeness (QED) is 0.435. The first-order valence-corrected chi connectivity index (χ1v) is 11.3. The van der Waals surface area contributed by atoms with Crippen LogP contribution in [0.2, 0.25) is 0 Å². The average Bonchev–Trinajstić information content (AvgIpc) is 2.81. The van der Waals surface area contributed by atoms with Crippen LogP contribution in [-0.2, 0) is 9.53 Å². The molecule has 0 atom stereocenters. The van der Waals surface area contributed by atoms with E-state index in [2.05, 4.69) is 0 Å². The van der Waals surface area contributed by atoms with Crippen LogP contribution in [0.25, 0.3) is 11.1 Å². The van der Waals surface area contributed by atoms with Crippen LogP contribution in [0, 0.1) is 11.6 Å². The second-order valence-electron chi connectivity index (χ2n) is 9.41. The highest BCUT2D eigenvalue weighted by molar-refractivity contribution is 6.09. The Labute approximate surface area is 209 Å². The van der Waals surface area contributed by atoms with Crippen LogP contribution in [0.1, 0.15) is 41.5 Å². The number of esters is 1. The molecule has 0 radical (unpaired) electrons. The first kappa shape index (κ1) is 26.5. The van der Waals surface area contributed by atoms with Gasteiger partial charge in [-0.05, 0) is 68.3 Å². The smallest absolute Gasteiger partial charge is 0.326 e. The summed E-state index contributed by atoms with van der Waals surface area (Å²) >= 11 is 0. The zero-order valence-electron chi connectivity index (χ0n) is 20.8. The standard InChI is InChI=1S/C28H28F2N2O4/c1-28(2,3)36-24(33)17-32(27(35)25-22(29)13-8-14-23(25)30)21-12-7-10-19(16-21)18-9-6-11-20(15-18)26(34)31(4)5/h6-16H,17H2,1-5H3. The largest absolute Gasteiger partial charge is 0.459 e. The maximum atomic E-state index is 14.5. The van der Waals surface area contributed by atoms with Crippen LogP contribution in [0.15, 0.2) is 66.7 Å². The van der Waals surface area contributed by atoms with Crippen molar-refractivity contribution in [3.05, 3.63) is 89.5 Å². The third kappa shape index (κ3) is 6.33. The van der Waals surface area contributed by atoms with Crippen LogP contribution in [0.4, 0.5) is 14.5 Å². The van der Waals surface area contributed by atoms with E-state index in [0.29, 0.717) is 16.7 Å². The van der Waals surface area contributed by atoms with Crippen LogP contribution in [0.3, 0.4) is 0 Å². The number of ether oxygens (including phenoxy) is 1. The van der Waals surface area contributed by atoms with E-state index < -0.39 is 41.2 Å².